The molecule has 7 nitrogen and oxygen atoms in total. The van der Waals surface area contributed by atoms with Crippen molar-refractivity contribution in [1.82, 2.24) is 5.48 Å². The second-order valence-electron chi connectivity index (χ2n) is 6.83. The number of benzene rings is 2. The summed E-state index contributed by atoms with van der Waals surface area (Å²) in [6.45, 7) is 8.55. The Hall–Kier alpha value is -3.06. The molecule has 2 aromatic rings. The minimum Gasteiger partial charge on any atom is -0.497 e. The van der Waals surface area contributed by atoms with Crippen molar-refractivity contribution >= 4 is 23.2 Å². The highest BCUT2D eigenvalue weighted by Crippen LogP contribution is 2.36. The Morgan fingerprint density at radius 3 is 2.41 bits per heavy atom. The number of nitrogens with zero attached hydrogens (tertiary/aromatic N) is 1. The summed E-state index contributed by atoms with van der Waals surface area (Å²) >= 11 is 0. The van der Waals surface area contributed by atoms with Crippen LogP contribution in [0.2, 0.25) is 0 Å². The Bertz CT molecular complexity index is 850. The Morgan fingerprint density at radius 2 is 1.86 bits per heavy atom. The van der Waals surface area contributed by atoms with Gasteiger partial charge in [-0.15, -0.1) is 0 Å². The fourth-order valence-electron chi connectivity index (χ4n) is 3.36. The number of hydrogen-bond donors (Lipinski definition) is 3. The number of carbonyl (C=O) groups excluding carboxylic acids is 2. The van der Waals surface area contributed by atoms with Crippen LogP contribution in [0.3, 0.4) is 0 Å². The zero-order valence-electron chi connectivity index (χ0n) is 17.5. The number of hydrogen-bond acceptors (Lipinski definition) is 5. The Balaban J connectivity index is 0.00000145. The van der Waals surface area contributed by atoms with Crippen molar-refractivity contribution in [2.75, 3.05) is 17.3 Å². The monoisotopic (exact) mass is 399 g/mol. The fourth-order valence-corrected chi connectivity index (χ4v) is 3.36. The van der Waals surface area contributed by atoms with E-state index in [1.807, 2.05) is 56.9 Å². The third-order valence-electron chi connectivity index (χ3n) is 4.68. The number of nitrogens with one attached hydrogen (secondary N) is 2. The van der Waals surface area contributed by atoms with Crippen LogP contribution < -0.4 is 20.4 Å². The van der Waals surface area contributed by atoms with Gasteiger partial charge in [-0.3, -0.25) is 14.8 Å². The second kappa shape index (κ2) is 9.93. The lowest BCUT2D eigenvalue weighted by atomic mass is 9.96. The highest BCUT2D eigenvalue weighted by molar-refractivity contribution is 6.05. The van der Waals surface area contributed by atoms with Crippen LogP contribution in [-0.2, 0) is 11.3 Å². The number of amides is 2. The molecule has 0 saturated heterocycles. The molecule has 0 bridgehead atoms. The van der Waals surface area contributed by atoms with Crippen molar-refractivity contribution in [2.45, 2.75) is 40.3 Å². The van der Waals surface area contributed by atoms with Gasteiger partial charge >= 0.3 is 0 Å². The Labute approximate surface area is 171 Å². The molecule has 156 valence electrons. The molecular formula is C22H29N3O4. The number of carbonyl (C=O) groups is 2. The third-order valence-corrected chi connectivity index (χ3v) is 4.68. The van der Waals surface area contributed by atoms with E-state index in [2.05, 4.69) is 5.32 Å². The summed E-state index contributed by atoms with van der Waals surface area (Å²) in [6, 6.07) is 12.4. The molecule has 3 N–H and O–H groups in total. The maximum atomic E-state index is 12.7. The molecule has 2 aromatic carbocycles. The van der Waals surface area contributed by atoms with Crippen molar-refractivity contribution in [2.24, 2.45) is 5.92 Å². The molecule has 1 atom stereocenters. The van der Waals surface area contributed by atoms with Crippen LogP contribution in [0.5, 0.6) is 5.75 Å². The molecule has 0 aromatic heterocycles. The number of rotatable bonds is 5. The molecule has 2 amide bonds. The van der Waals surface area contributed by atoms with Crippen LogP contribution in [0.25, 0.3) is 0 Å². The number of ether oxygens (including phenoxy) is 1. The van der Waals surface area contributed by atoms with E-state index >= 15 is 0 Å². The summed E-state index contributed by atoms with van der Waals surface area (Å²) in [6.07, 6.45) is 0. The van der Waals surface area contributed by atoms with Gasteiger partial charge < -0.3 is 15.0 Å². The van der Waals surface area contributed by atoms with Crippen molar-refractivity contribution in [1.29, 1.82) is 0 Å². The van der Waals surface area contributed by atoms with Gasteiger partial charge in [-0.05, 0) is 41.8 Å². The van der Waals surface area contributed by atoms with Gasteiger partial charge in [-0.25, -0.2) is 5.48 Å². The van der Waals surface area contributed by atoms with Crippen molar-refractivity contribution < 1.29 is 19.5 Å². The van der Waals surface area contributed by atoms with Crippen LogP contribution in [0.1, 0.15) is 43.6 Å². The lowest BCUT2D eigenvalue weighted by molar-refractivity contribution is -0.118. The molecule has 7 heteroatoms. The first-order chi connectivity index (χ1) is 13.9. The summed E-state index contributed by atoms with van der Waals surface area (Å²) in [4.78, 5) is 26.5. The van der Waals surface area contributed by atoms with E-state index in [-0.39, 0.29) is 23.4 Å². The average molecular weight is 399 g/mol. The van der Waals surface area contributed by atoms with E-state index in [4.69, 9.17) is 9.94 Å². The number of hydroxylamine groups is 1. The van der Waals surface area contributed by atoms with Gasteiger partial charge in [0.05, 0.1) is 18.5 Å². The maximum absolute atomic E-state index is 12.7. The van der Waals surface area contributed by atoms with Crippen LogP contribution in [0, 0.1) is 5.92 Å². The zero-order valence-corrected chi connectivity index (χ0v) is 17.5. The van der Waals surface area contributed by atoms with Gasteiger partial charge in [0.15, 0.2) is 0 Å². The van der Waals surface area contributed by atoms with Gasteiger partial charge in [0, 0.05) is 12.1 Å². The van der Waals surface area contributed by atoms with Crippen LogP contribution in [-0.4, -0.2) is 30.2 Å². The third kappa shape index (κ3) is 4.86. The Morgan fingerprint density at radius 1 is 1.21 bits per heavy atom. The van der Waals surface area contributed by atoms with Crippen molar-refractivity contribution in [3.63, 3.8) is 0 Å². The molecule has 1 aliphatic heterocycles. The summed E-state index contributed by atoms with van der Waals surface area (Å²) in [5.74, 6) is 0.125. The van der Waals surface area contributed by atoms with E-state index < -0.39 is 5.91 Å². The number of methoxy groups -OCH3 is 1. The molecule has 29 heavy (non-hydrogen) atoms. The number of anilines is 2. The highest BCUT2D eigenvalue weighted by Gasteiger charge is 2.35. The SMILES string of the molecule is CC.COc1ccc(CN2c3ccc(C(=O)NO)cc3NC(=O)C2C(C)C)cc1. The van der Waals surface area contributed by atoms with Gasteiger partial charge in [0.2, 0.25) is 5.91 Å². The average Bonchev–Trinajstić information content (AvgIpc) is 2.74. The molecule has 1 unspecified atom stereocenters. The zero-order chi connectivity index (χ0) is 21.6. The minimum atomic E-state index is -0.625. The topological polar surface area (TPSA) is 90.9 Å². The van der Waals surface area contributed by atoms with Gasteiger partial charge in [-0.2, -0.15) is 0 Å². The van der Waals surface area contributed by atoms with Gasteiger partial charge in [0.25, 0.3) is 5.91 Å². The van der Waals surface area contributed by atoms with E-state index in [9.17, 15) is 9.59 Å². The van der Waals surface area contributed by atoms with Crippen molar-refractivity contribution in [3.8, 4) is 5.75 Å². The standard InChI is InChI=1S/C20H23N3O4.C2H6/c1-12(2)18-20(25)21-16-10-14(19(24)22-26)6-9-17(16)23(18)11-13-4-7-15(27-3)8-5-13;1-2/h4-10,12,18,26H,11H2,1-3H3,(H,21,25)(H,22,24);1-2H3. The molecular weight excluding hydrogens is 370 g/mol. The van der Waals surface area contributed by atoms with Gasteiger partial charge in [0.1, 0.15) is 11.8 Å². The molecule has 0 fully saturated rings. The quantitative estimate of drug-likeness (QED) is 0.525. The van der Waals surface area contributed by atoms with Crippen LogP contribution >= 0.6 is 0 Å². The summed E-state index contributed by atoms with van der Waals surface area (Å²) < 4.78 is 5.20. The predicted molar refractivity (Wildman–Crippen MR) is 113 cm³/mol. The lowest BCUT2D eigenvalue weighted by Gasteiger charge is -2.40. The first kappa shape index (κ1) is 22.2. The highest BCUT2D eigenvalue weighted by atomic mass is 16.5. The van der Waals surface area contributed by atoms with E-state index in [0.717, 1.165) is 17.0 Å². The van der Waals surface area contributed by atoms with Crippen LogP contribution in [0.15, 0.2) is 42.5 Å². The predicted octanol–water partition coefficient (Wildman–Crippen LogP) is 3.82. The largest absolute Gasteiger partial charge is 0.497 e. The Kier molecular flexibility index (Phi) is 7.61. The van der Waals surface area contributed by atoms with Crippen molar-refractivity contribution in [3.05, 3.63) is 53.6 Å². The second-order valence-corrected chi connectivity index (χ2v) is 6.83. The first-order valence-corrected chi connectivity index (χ1v) is 9.73. The van der Waals surface area contributed by atoms with E-state index in [1.54, 1.807) is 30.8 Å². The molecule has 0 saturated carbocycles. The molecule has 0 spiro atoms. The summed E-state index contributed by atoms with van der Waals surface area (Å²) in [5, 5.41) is 11.7. The summed E-state index contributed by atoms with van der Waals surface area (Å²) in [7, 11) is 1.62. The maximum Gasteiger partial charge on any atom is 0.274 e. The smallest absolute Gasteiger partial charge is 0.274 e. The normalized spacial score (nSPS) is 15.1. The fraction of sp³-hybridized carbons (Fsp3) is 0.364. The molecule has 1 heterocycles. The van der Waals surface area contributed by atoms with Crippen LogP contribution in [0.4, 0.5) is 11.4 Å². The molecule has 0 radical (unpaired) electrons. The molecule has 0 aliphatic carbocycles. The molecule has 1 aliphatic rings. The summed E-state index contributed by atoms with van der Waals surface area (Å²) in [5.41, 5.74) is 4.30. The minimum absolute atomic E-state index is 0.0943. The van der Waals surface area contributed by atoms with E-state index in [1.165, 1.54) is 0 Å². The van der Waals surface area contributed by atoms with Gasteiger partial charge in [-0.1, -0.05) is 39.8 Å². The first-order valence-electron chi connectivity index (χ1n) is 9.73. The molecule has 3 rings (SSSR count). The lowest BCUT2D eigenvalue weighted by Crippen LogP contribution is -2.50. The van der Waals surface area contributed by atoms with E-state index in [0.29, 0.717) is 12.2 Å². The number of fused-ring (bicyclic) bond motifs is 1.